The number of para-hydroxylation sites is 1. The molecule has 6 nitrogen and oxygen atoms in total. The number of nitrogens with zero attached hydrogens (tertiary/aromatic N) is 3. The standard InChI is InChI=1S/C31H32ClN5OS/c1-4-22-10-5-6-13-26(22)34-28(38)15-17-36-30(29(35-31(36)39)27-14-7-8-16-33-27)25-18-20(2)37(21(25)3)24-12-9-11-23(32)19-24/h5-14,16,18-19,29-30H,4,15,17H2,1-3H3,(H,34,38)(H,35,39)/t29-,30+/m1/s1. The lowest BCUT2D eigenvalue weighted by Gasteiger charge is -2.28. The zero-order valence-electron chi connectivity index (χ0n) is 22.3. The molecular weight excluding hydrogens is 526 g/mol. The van der Waals surface area contributed by atoms with Gasteiger partial charge < -0.3 is 20.1 Å². The first-order valence-corrected chi connectivity index (χ1v) is 14.0. The number of aryl methyl sites for hydroxylation is 2. The molecule has 4 aromatic rings. The Bertz CT molecular complexity index is 1500. The van der Waals surface area contributed by atoms with Gasteiger partial charge in [-0.2, -0.15) is 0 Å². The van der Waals surface area contributed by atoms with Crippen LogP contribution >= 0.6 is 23.8 Å². The first-order valence-electron chi connectivity index (χ1n) is 13.2. The average Bonchev–Trinajstić information content (AvgIpc) is 3.42. The van der Waals surface area contributed by atoms with Gasteiger partial charge in [0.05, 0.1) is 17.8 Å². The van der Waals surface area contributed by atoms with E-state index in [-0.39, 0.29) is 18.0 Å². The lowest BCUT2D eigenvalue weighted by Crippen LogP contribution is -2.33. The second kappa shape index (κ2) is 11.6. The van der Waals surface area contributed by atoms with Gasteiger partial charge in [-0.15, -0.1) is 0 Å². The number of hydrogen-bond donors (Lipinski definition) is 2. The third-order valence-electron chi connectivity index (χ3n) is 7.31. The van der Waals surface area contributed by atoms with Crippen LogP contribution in [-0.2, 0) is 11.2 Å². The van der Waals surface area contributed by atoms with E-state index in [4.69, 9.17) is 23.8 Å². The highest BCUT2D eigenvalue weighted by molar-refractivity contribution is 7.80. The largest absolute Gasteiger partial charge is 0.352 e. The van der Waals surface area contributed by atoms with Crippen molar-refractivity contribution in [2.45, 2.75) is 45.7 Å². The van der Waals surface area contributed by atoms with Crippen LogP contribution in [0.3, 0.4) is 0 Å². The van der Waals surface area contributed by atoms with Crippen molar-refractivity contribution in [3.63, 3.8) is 0 Å². The van der Waals surface area contributed by atoms with Gasteiger partial charge in [-0.1, -0.05) is 48.9 Å². The lowest BCUT2D eigenvalue weighted by molar-refractivity contribution is -0.116. The fourth-order valence-electron chi connectivity index (χ4n) is 5.47. The number of amides is 1. The average molecular weight is 558 g/mol. The highest BCUT2D eigenvalue weighted by Gasteiger charge is 2.41. The van der Waals surface area contributed by atoms with Crippen LogP contribution < -0.4 is 10.6 Å². The van der Waals surface area contributed by atoms with Crippen molar-refractivity contribution in [1.82, 2.24) is 19.8 Å². The molecule has 2 atom stereocenters. The molecule has 1 aliphatic heterocycles. The van der Waals surface area contributed by atoms with Gasteiger partial charge in [0, 0.05) is 46.9 Å². The fourth-order valence-corrected chi connectivity index (χ4v) is 5.99. The quantitative estimate of drug-likeness (QED) is 0.236. The van der Waals surface area contributed by atoms with Crippen LogP contribution in [0.1, 0.15) is 53.6 Å². The van der Waals surface area contributed by atoms with Crippen molar-refractivity contribution in [1.29, 1.82) is 0 Å². The van der Waals surface area contributed by atoms with E-state index in [0.29, 0.717) is 23.1 Å². The Kier molecular flexibility index (Phi) is 8.00. The van der Waals surface area contributed by atoms with E-state index in [1.807, 2.05) is 60.7 Å². The van der Waals surface area contributed by atoms with Crippen LogP contribution in [-0.4, -0.2) is 32.0 Å². The van der Waals surface area contributed by atoms with Crippen molar-refractivity contribution in [2.75, 3.05) is 11.9 Å². The van der Waals surface area contributed by atoms with Gasteiger partial charge in [-0.25, -0.2) is 0 Å². The minimum absolute atomic E-state index is 0.0388. The SMILES string of the molecule is CCc1ccccc1NC(=O)CCN1C(=S)N[C@H](c2ccccn2)[C@@H]1c1cc(C)n(-c2cccc(Cl)c2)c1C. The predicted molar refractivity (Wildman–Crippen MR) is 161 cm³/mol. The number of halogens is 1. The molecular formula is C31H32ClN5OS. The minimum atomic E-state index is -0.157. The summed E-state index contributed by atoms with van der Waals surface area (Å²) in [5, 5.41) is 7.89. The summed E-state index contributed by atoms with van der Waals surface area (Å²) in [7, 11) is 0. The van der Waals surface area contributed by atoms with E-state index in [1.54, 1.807) is 6.20 Å². The lowest BCUT2D eigenvalue weighted by atomic mass is 9.96. The number of hydrogen-bond acceptors (Lipinski definition) is 3. The highest BCUT2D eigenvalue weighted by Crippen LogP contribution is 2.41. The van der Waals surface area contributed by atoms with Gasteiger partial charge in [0.25, 0.3) is 0 Å². The third-order valence-corrected chi connectivity index (χ3v) is 7.89. The van der Waals surface area contributed by atoms with Crippen molar-refractivity contribution < 1.29 is 4.79 Å². The molecule has 0 radical (unpaired) electrons. The van der Waals surface area contributed by atoms with Gasteiger partial charge in [-0.05, 0) is 86.1 Å². The van der Waals surface area contributed by atoms with Crippen molar-refractivity contribution >= 4 is 40.5 Å². The van der Waals surface area contributed by atoms with E-state index in [9.17, 15) is 4.79 Å². The maximum atomic E-state index is 13.1. The molecule has 8 heteroatoms. The normalized spacial score (nSPS) is 16.8. The van der Waals surface area contributed by atoms with Gasteiger partial charge in [-0.3, -0.25) is 9.78 Å². The smallest absolute Gasteiger partial charge is 0.226 e. The van der Waals surface area contributed by atoms with Crippen molar-refractivity contribution in [2.24, 2.45) is 0 Å². The van der Waals surface area contributed by atoms with Crippen molar-refractivity contribution in [3.05, 3.63) is 112 Å². The molecule has 2 N–H and O–H groups in total. The predicted octanol–water partition coefficient (Wildman–Crippen LogP) is 6.71. The van der Waals surface area contributed by atoms with Crippen LogP contribution in [0, 0.1) is 13.8 Å². The first kappa shape index (κ1) is 26.9. The summed E-state index contributed by atoms with van der Waals surface area (Å²) in [6.07, 6.45) is 2.96. The Balaban J connectivity index is 1.47. The Morgan fingerprint density at radius 3 is 2.62 bits per heavy atom. The summed E-state index contributed by atoms with van der Waals surface area (Å²) in [5.74, 6) is -0.0388. The summed E-state index contributed by atoms with van der Waals surface area (Å²) in [5.41, 5.74) is 7.21. The summed E-state index contributed by atoms with van der Waals surface area (Å²) in [6, 6.07) is 23.6. The summed E-state index contributed by atoms with van der Waals surface area (Å²) in [4.78, 5) is 19.8. The number of nitrogens with one attached hydrogen (secondary N) is 2. The van der Waals surface area contributed by atoms with Gasteiger partial charge in [0.15, 0.2) is 5.11 Å². The summed E-state index contributed by atoms with van der Waals surface area (Å²) >= 11 is 12.2. The Labute approximate surface area is 240 Å². The minimum Gasteiger partial charge on any atom is -0.352 e. The first-order chi connectivity index (χ1) is 18.9. The van der Waals surface area contributed by atoms with Crippen LogP contribution in [0.15, 0.2) is 79.0 Å². The van der Waals surface area contributed by atoms with Crippen LogP contribution in [0.25, 0.3) is 5.69 Å². The molecule has 2 aromatic carbocycles. The number of pyridine rings is 1. The van der Waals surface area contributed by atoms with Crippen LogP contribution in [0.4, 0.5) is 5.69 Å². The molecule has 0 spiro atoms. The van der Waals surface area contributed by atoms with E-state index >= 15 is 0 Å². The fraction of sp³-hybridized carbons (Fsp3) is 0.258. The maximum Gasteiger partial charge on any atom is 0.226 e. The Morgan fingerprint density at radius 1 is 1.08 bits per heavy atom. The van der Waals surface area contributed by atoms with Crippen LogP contribution in [0.2, 0.25) is 5.02 Å². The molecule has 0 unspecified atom stereocenters. The molecule has 5 rings (SSSR count). The van der Waals surface area contributed by atoms with Crippen LogP contribution in [0.5, 0.6) is 0 Å². The summed E-state index contributed by atoms with van der Waals surface area (Å²) in [6.45, 7) is 6.77. The van der Waals surface area contributed by atoms with Crippen molar-refractivity contribution in [3.8, 4) is 5.69 Å². The Hall–Kier alpha value is -3.68. The molecule has 1 amide bonds. The van der Waals surface area contributed by atoms with Gasteiger partial charge in [0.1, 0.15) is 0 Å². The molecule has 0 aliphatic carbocycles. The second-order valence-corrected chi connectivity index (χ2v) is 10.6. The zero-order chi connectivity index (χ0) is 27.5. The monoisotopic (exact) mass is 557 g/mol. The number of aromatic nitrogens is 2. The number of carbonyl (C=O) groups is 1. The molecule has 1 fully saturated rings. The number of rotatable bonds is 8. The molecule has 0 saturated carbocycles. The van der Waals surface area contributed by atoms with E-state index in [1.165, 1.54) is 0 Å². The highest BCUT2D eigenvalue weighted by atomic mass is 35.5. The molecule has 0 bridgehead atoms. The number of benzene rings is 2. The number of thiocarbonyl (C=S) groups is 1. The zero-order valence-corrected chi connectivity index (χ0v) is 23.9. The van der Waals surface area contributed by atoms with E-state index < -0.39 is 0 Å². The topological polar surface area (TPSA) is 62.2 Å². The molecule has 1 aliphatic rings. The maximum absolute atomic E-state index is 13.1. The molecule has 200 valence electrons. The van der Waals surface area contributed by atoms with Gasteiger partial charge in [0.2, 0.25) is 5.91 Å². The van der Waals surface area contributed by atoms with E-state index in [0.717, 1.165) is 46.0 Å². The number of anilines is 1. The molecule has 2 aromatic heterocycles. The number of carbonyl (C=O) groups excluding carboxylic acids is 1. The molecule has 1 saturated heterocycles. The van der Waals surface area contributed by atoms with E-state index in [2.05, 4.69) is 58.0 Å². The molecule has 3 heterocycles. The third kappa shape index (κ3) is 5.56. The molecule has 39 heavy (non-hydrogen) atoms. The summed E-state index contributed by atoms with van der Waals surface area (Å²) < 4.78 is 2.21. The second-order valence-electron chi connectivity index (χ2n) is 9.77. The Morgan fingerprint density at radius 2 is 1.87 bits per heavy atom. The van der Waals surface area contributed by atoms with Gasteiger partial charge >= 0.3 is 0 Å².